The molecule has 2 saturated heterocycles. The third kappa shape index (κ3) is 3.39. The Bertz CT molecular complexity index is 331. The Hall–Kier alpha value is -0.810. The van der Waals surface area contributed by atoms with Gasteiger partial charge in [0.2, 0.25) is 0 Å². The van der Waals surface area contributed by atoms with Gasteiger partial charge >= 0.3 is 6.09 Å². The van der Waals surface area contributed by atoms with Gasteiger partial charge in [-0.25, -0.2) is 4.79 Å². The second-order valence-electron chi connectivity index (χ2n) is 6.76. The number of rotatable bonds is 1. The first-order valence-electron chi connectivity index (χ1n) is 7.03. The predicted octanol–water partition coefficient (Wildman–Crippen LogP) is 1.78. The van der Waals surface area contributed by atoms with E-state index in [1.165, 1.54) is 0 Å². The van der Waals surface area contributed by atoms with Gasteiger partial charge < -0.3 is 19.5 Å². The van der Waals surface area contributed by atoms with E-state index in [1.54, 1.807) is 4.90 Å². The number of amides is 1. The number of hydrogen-bond donors (Lipinski definition) is 1. The van der Waals surface area contributed by atoms with Gasteiger partial charge in [-0.3, -0.25) is 0 Å². The van der Waals surface area contributed by atoms with Crippen LogP contribution in [0.25, 0.3) is 0 Å². The molecule has 1 atom stereocenters. The summed E-state index contributed by atoms with van der Waals surface area (Å²) in [7, 11) is 0. The smallest absolute Gasteiger partial charge is 0.410 e. The van der Waals surface area contributed by atoms with Gasteiger partial charge in [-0.05, 0) is 45.4 Å². The minimum Gasteiger partial charge on any atom is -0.444 e. The number of carbonyl (C=O) groups is 1. The zero-order valence-corrected chi connectivity index (χ0v) is 12.1. The van der Waals surface area contributed by atoms with Crippen molar-refractivity contribution < 1.29 is 19.4 Å². The predicted molar refractivity (Wildman–Crippen MR) is 70.9 cm³/mol. The Morgan fingerprint density at radius 2 is 2.05 bits per heavy atom. The lowest BCUT2D eigenvalue weighted by atomic mass is 9.78. The summed E-state index contributed by atoms with van der Waals surface area (Å²) in [6.45, 7) is 7.76. The molecule has 0 radical (unpaired) electrons. The highest BCUT2D eigenvalue weighted by Gasteiger charge is 2.47. The van der Waals surface area contributed by atoms with Crippen LogP contribution in [0, 0.1) is 5.41 Å². The van der Waals surface area contributed by atoms with Crippen LogP contribution in [0.5, 0.6) is 0 Å². The molecule has 1 spiro atoms. The van der Waals surface area contributed by atoms with Crippen molar-refractivity contribution in [3.63, 3.8) is 0 Å². The molecular formula is C14H25NO4. The fourth-order valence-electron chi connectivity index (χ4n) is 3.03. The number of aliphatic hydroxyl groups is 1. The maximum absolute atomic E-state index is 12.2. The molecule has 0 saturated carbocycles. The van der Waals surface area contributed by atoms with E-state index in [4.69, 9.17) is 9.47 Å². The summed E-state index contributed by atoms with van der Waals surface area (Å²) < 4.78 is 10.8. The minimum absolute atomic E-state index is 0.00184. The van der Waals surface area contributed by atoms with E-state index in [-0.39, 0.29) is 24.2 Å². The summed E-state index contributed by atoms with van der Waals surface area (Å²) in [5.74, 6) is 0. The van der Waals surface area contributed by atoms with E-state index >= 15 is 0 Å². The van der Waals surface area contributed by atoms with Gasteiger partial charge in [-0.2, -0.15) is 0 Å². The van der Waals surface area contributed by atoms with Crippen LogP contribution in [0.1, 0.15) is 40.0 Å². The van der Waals surface area contributed by atoms with Crippen LogP contribution in [0.15, 0.2) is 0 Å². The molecule has 1 N–H and O–H groups in total. The fraction of sp³-hybridized carbons (Fsp3) is 0.929. The summed E-state index contributed by atoms with van der Waals surface area (Å²) in [4.78, 5) is 13.9. The number of hydrogen-bond acceptors (Lipinski definition) is 4. The molecule has 0 aromatic rings. The second-order valence-corrected chi connectivity index (χ2v) is 6.76. The van der Waals surface area contributed by atoms with Crippen molar-refractivity contribution in [1.29, 1.82) is 0 Å². The lowest BCUT2D eigenvalue weighted by molar-refractivity contribution is 0.00602. The highest BCUT2D eigenvalue weighted by Crippen LogP contribution is 2.43. The number of aliphatic hydroxyl groups excluding tert-OH is 1. The molecule has 0 aromatic carbocycles. The summed E-state index contributed by atoms with van der Waals surface area (Å²) in [6.07, 6.45) is 2.47. The van der Waals surface area contributed by atoms with Crippen LogP contribution >= 0.6 is 0 Å². The first-order chi connectivity index (χ1) is 8.85. The van der Waals surface area contributed by atoms with Crippen LogP contribution in [-0.2, 0) is 9.47 Å². The minimum atomic E-state index is -0.498. The molecule has 2 rings (SSSR count). The molecule has 5 nitrogen and oxygen atoms in total. The molecule has 0 unspecified atom stereocenters. The summed E-state index contributed by atoms with van der Waals surface area (Å²) in [6, 6.07) is -0.118. The molecule has 110 valence electrons. The molecule has 19 heavy (non-hydrogen) atoms. The highest BCUT2D eigenvalue weighted by atomic mass is 16.6. The first kappa shape index (κ1) is 14.6. The van der Waals surface area contributed by atoms with Crippen LogP contribution in [-0.4, -0.2) is 54.1 Å². The van der Waals surface area contributed by atoms with E-state index in [0.29, 0.717) is 6.54 Å². The maximum Gasteiger partial charge on any atom is 0.410 e. The second kappa shape index (κ2) is 5.29. The van der Waals surface area contributed by atoms with Crippen molar-refractivity contribution in [3.05, 3.63) is 0 Å². The standard InChI is InChI=1S/C14H25NO4/c1-13(2,3)19-12(17)15-10-14(8-11(15)9-16)4-6-18-7-5-14/h11,16H,4-10H2,1-3H3/t11-/m0/s1. The lowest BCUT2D eigenvalue weighted by Crippen LogP contribution is -2.42. The van der Waals surface area contributed by atoms with Crippen LogP contribution < -0.4 is 0 Å². The summed E-state index contributed by atoms with van der Waals surface area (Å²) >= 11 is 0. The summed E-state index contributed by atoms with van der Waals surface area (Å²) in [5.41, 5.74) is -0.384. The highest BCUT2D eigenvalue weighted by molar-refractivity contribution is 5.69. The largest absolute Gasteiger partial charge is 0.444 e. The lowest BCUT2D eigenvalue weighted by Gasteiger charge is -2.33. The Labute approximate surface area is 114 Å². The van der Waals surface area contributed by atoms with Crippen LogP contribution in [0.4, 0.5) is 4.79 Å². The van der Waals surface area contributed by atoms with Gasteiger partial charge in [0.25, 0.3) is 0 Å². The van der Waals surface area contributed by atoms with Crippen molar-refractivity contribution >= 4 is 6.09 Å². The van der Waals surface area contributed by atoms with Gasteiger partial charge in [0.1, 0.15) is 5.60 Å². The number of nitrogens with zero attached hydrogens (tertiary/aromatic N) is 1. The Morgan fingerprint density at radius 1 is 1.42 bits per heavy atom. The average molecular weight is 271 g/mol. The Balaban J connectivity index is 2.05. The summed E-state index contributed by atoms with van der Waals surface area (Å²) in [5, 5.41) is 9.52. The van der Waals surface area contributed by atoms with Crippen molar-refractivity contribution in [2.24, 2.45) is 5.41 Å². The van der Waals surface area contributed by atoms with E-state index in [2.05, 4.69) is 0 Å². The van der Waals surface area contributed by atoms with E-state index < -0.39 is 5.60 Å². The molecule has 0 aliphatic carbocycles. The van der Waals surface area contributed by atoms with Crippen molar-refractivity contribution in [2.75, 3.05) is 26.4 Å². The van der Waals surface area contributed by atoms with Crippen LogP contribution in [0.3, 0.4) is 0 Å². The van der Waals surface area contributed by atoms with E-state index in [1.807, 2.05) is 20.8 Å². The quantitative estimate of drug-likeness (QED) is 0.790. The van der Waals surface area contributed by atoms with Gasteiger partial charge in [0.05, 0.1) is 12.6 Å². The fourth-order valence-corrected chi connectivity index (χ4v) is 3.03. The number of likely N-dealkylation sites (tertiary alicyclic amines) is 1. The van der Waals surface area contributed by atoms with Gasteiger partial charge in [0, 0.05) is 19.8 Å². The van der Waals surface area contributed by atoms with Crippen molar-refractivity contribution in [1.82, 2.24) is 4.90 Å². The Kier molecular flexibility index (Phi) is 4.06. The van der Waals surface area contributed by atoms with E-state index in [0.717, 1.165) is 32.5 Å². The normalized spacial score (nSPS) is 26.7. The first-order valence-corrected chi connectivity index (χ1v) is 7.03. The zero-order chi connectivity index (χ0) is 14.1. The van der Waals surface area contributed by atoms with Gasteiger partial charge in [-0.1, -0.05) is 0 Å². The third-order valence-electron chi connectivity index (χ3n) is 4.01. The molecule has 5 heteroatoms. The molecule has 2 aliphatic heterocycles. The molecule has 2 aliphatic rings. The monoisotopic (exact) mass is 271 g/mol. The average Bonchev–Trinajstić information content (AvgIpc) is 2.67. The third-order valence-corrected chi connectivity index (χ3v) is 4.01. The number of ether oxygens (including phenoxy) is 2. The topological polar surface area (TPSA) is 59.0 Å². The molecule has 0 bridgehead atoms. The zero-order valence-electron chi connectivity index (χ0n) is 12.1. The molecule has 2 heterocycles. The molecule has 1 amide bonds. The van der Waals surface area contributed by atoms with Crippen molar-refractivity contribution in [3.8, 4) is 0 Å². The molecule has 0 aromatic heterocycles. The van der Waals surface area contributed by atoms with Gasteiger partial charge in [0.15, 0.2) is 0 Å². The Morgan fingerprint density at radius 3 is 2.58 bits per heavy atom. The van der Waals surface area contributed by atoms with Crippen LogP contribution in [0.2, 0.25) is 0 Å². The SMILES string of the molecule is CC(C)(C)OC(=O)N1CC2(CCOCC2)C[C@H]1CO. The molecule has 2 fully saturated rings. The van der Waals surface area contributed by atoms with Gasteiger partial charge in [-0.15, -0.1) is 0 Å². The number of carbonyl (C=O) groups excluding carboxylic acids is 1. The molecular weight excluding hydrogens is 246 g/mol. The van der Waals surface area contributed by atoms with Crippen molar-refractivity contribution in [2.45, 2.75) is 51.7 Å². The van der Waals surface area contributed by atoms with E-state index in [9.17, 15) is 9.90 Å². The maximum atomic E-state index is 12.2.